The zero-order chi connectivity index (χ0) is 32.7. The highest BCUT2D eigenvalue weighted by Crippen LogP contribution is 2.45. The summed E-state index contributed by atoms with van der Waals surface area (Å²) in [7, 11) is -3.88. The maximum Gasteiger partial charge on any atom is 0.241 e. The van der Waals surface area contributed by atoms with Gasteiger partial charge >= 0.3 is 0 Å². The van der Waals surface area contributed by atoms with E-state index in [-0.39, 0.29) is 10.9 Å². The number of fused-ring (bicyclic) bond motifs is 7. The standard InChI is InChI=1S/C43H36N2O2S/c1-30-20-26-37(27-21-30)48(46,47)44-42(33-14-4-2-5-15-33)43(34-16-6-3-7-17-34)45-28-35-24-22-31-12-8-10-18-38(31)40(35)41-36(29-45)25-23-32-13-9-11-19-39(32)41/h2-27,42-44H,28-29H2,1H3/t42-,43-/m1/s1. The van der Waals surface area contributed by atoms with Crippen LogP contribution < -0.4 is 4.72 Å². The van der Waals surface area contributed by atoms with E-state index >= 15 is 0 Å². The van der Waals surface area contributed by atoms with Gasteiger partial charge in [-0.3, -0.25) is 4.90 Å². The topological polar surface area (TPSA) is 49.4 Å². The van der Waals surface area contributed by atoms with E-state index in [1.54, 1.807) is 12.1 Å². The fourth-order valence-electron chi connectivity index (χ4n) is 7.37. The number of nitrogens with zero attached hydrogens (tertiary/aromatic N) is 1. The van der Waals surface area contributed by atoms with Crippen LogP contribution in [0.5, 0.6) is 0 Å². The van der Waals surface area contributed by atoms with E-state index in [9.17, 15) is 8.42 Å². The molecule has 1 N–H and O–H groups in total. The minimum absolute atomic E-state index is 0.255. The van der Waals surface area contributed by atoms with Crippen molar-refractivity contribution in [2.24, 2.45) is 0 Å². The van der Waals surface area contributed by atoms with Crippen LogP contribution in [0.25, 0.3) is 32.7 Å². The lowest BCUT2D eigenvalue weighted by molar-refractivity contribution is 0.150. The van der Waals surface area contributed by atoms with Gasteiger partial charge in [0.05, 0.1) is 17.0 Å². The molecule has 1 aliphatic rings. The summed E-state index contributed by atoms with van der Waals surface area (Å²) in [5.74, 6) is 0. The van der Waals surface area contributed by atoms with E-state index in [0.717, 1.165) is 16.7 Å². The molecule has 5 heteroatoms. The van der Waals surface area contributed by atoms with Gasteiger partial charge in [-0.1, -0.05) is 151 Å². The van der Waals surface area contributed by atoms with Gasteiger partial charge in [0.25, 0.3) is 0 Å². The van der Waals surface area contributed by atoms with E-state index in [2.05, 4.69) is 94.6 Å². The quantitative estimate of drug-likeness (QED) is 0.188. The summed E-state index contributed by atoms with van der Waals surface area (Å²) < 4.78 is 31.5. The Morgan fingerprint density at radius 2 is 1.02 bits per heavy atom. The normalized spacial score (nSPS) is 14.6. The predicted molar refractivity (Wildman–Crippen MR) is 196 cm³/mol. The maximum atomic E-state index is 14.2. The fraction of sp³-hybridized carbons (Fsp3) is 0.116. The van der Waals surface area contributed by atoms with Gasteiger partial charge in [0.1, 0.15) is 0 Å². The molecule has 0 aliphatic carbocycles. The Morgan fingerprint density at radius 1 is 0.542 bits per heavy atom. The zero-order valence-electron chi connectivity index (χ0n) is 26.8. The minimum Gasteiger partial charge on any atom is -0.286 e. The van der Waals surface area contributed by atoms with Crippen LogP contribution in [-0.4, -0.2) is 13.3 Å². The van der Waals surface area contributed by atoms with Crippen LogP contribution in [-0.2, 0) is 23.1 Å². The van der Waals surface area contributed by atoms with Crippen LogP contribution >= 0.6 is 0 Å². The lowest BCUT2D eigenvalue weighted by Crippen LogP contribution is -2.40. The second-order valence-corrected chi connectivity index (χ2v) is 14.4. The summed E-state index contributed by atoms with van der Waals surface area (Å²) in [6.45, 7) is 3.24. The van der Waals surface area contributed by atoms with Crippen molar-refractivity contribution in [3.05, 3.63) is 186 Å². The van der Waals surface area contributed by atoms with Gasteiger partial charge in [0.15, 0.2) is 0 Å². The molecule has 1 aliphatic heterocycles. The molecule has 0 aromatic heterocycles. The average Bonchev–Trinajstić information content (AvgIpc) is 3.29. The van der Waals surface area contributed by atoms with Crippen LogP contribution in [0.15, 0.2) is 163 Å². The number of aryl methyl sites for hydroxylation is 1. The fourth-order valence-corrected chi connectivity index (χ4v) is 8.60. The first-order valence-electron chi connectivity index (χ1n) is 16.4. The number of hydrogen-bond donors (Lipinski definition) is 1. The highest BCUT2D eigenvalue weighted by molar-refractivity contribution is 7.89. The SMILES string of the molecule is Cc1ccc(S(=O)(=O)N[C@H](c2ccccc2)[C@@H](c2ccccc2)N2Cc3ccc4ccccc4c3-c3c(ccc4ccccc34)C2)cc1. The van der Waals surface area contributed by atoms with Gasteiger partial charge in [0, 0.05) is 13.1 Å². The Kier molecular flexibility index (Phi) is 7.89. The molecule has 236 valence electrons. The van der Waals surface area contributed by atoms with Crippen molar-refractivity contribution in [1.82, 2.24) is 9.62 Å². The summed E-state index contributed by atoms with van der Waals surface area (Å²) >= 11 is 0. The van der Waals surface area contributed by atoms with Crippen LogP contribution in [0.2, 0.25) is 0 Å². The van der Waals surface area contributed by atoms with Crippen molar-refractivity contribution in [3.63, 3.8) is 0 Å². The third-order valence-electron chi connectivity index (χ3n) is 9.65. The maximum absolute atomic E-state index is 14.2. The van der Waals surface area contributed by atoms with Crippen molar-refractivity contribution in [1.29, 1.82) is 0 Å². The summed E-state index contributed by atoms with van der Waals surface area (Å²) in [6, 6.07) is 52.7. The van der Waals surface area contributed by atoms with Crippen LogP contribution in [0.4, 0.5) is 0 Å². The van der Waals surface area contributed by atoms with Crippen LogP contribution in [0.1, 0.15) is 39.9 Å². The van der Waals surface area contributed by atoms with Crippen molar-refractivity contribution in [3.8, 4) is 11.1 Å². The molecule has 1 heterocycles. The molecule has 0 saturated heterocycles. The Morgan fingerprint density at radius 3 is 1.56 bits per heavy atom. The third-order valence-corrected chi connectivity index (χ3v) is 11.1. The largest absolute Gasteiger partial charge is 0.286 e. The molecule has 0 fully saturated rings. The van der Waals surface area contributed by atoms with Gasteiger partial charge < -0.3 is 0 Å². The molecule has 0 radical (unpaired) electrons. The number of rotatable bonds is 7. The van der Waals surface area contributed by atoms with E-state index < -0.39 is 16.1 Å². The average molecular weight is 645 g/mol. The number of sulfonamides is 1. The molecule has 7 aromatic rings. The Bertz CT molecular complexity index is 2270. The summed E-state index contributed by atoms with van der Waals surface area (Å²) in [5, 5.41) is 4.86. The third kappa shape index (κ3) is 5.60. The number of hydrogen-bond acceptors (Lipinski definition) is 3. The second kappa shape index (κ2) is 12.5. The van der Waals surface area contributed by atoms with Gasteiger partial charge in [0.2, 0.25) is 10.0 Å². The lowest BCUT2D eigenvalue weighted by Gasteiger charge is -2.38. The molecule has 0 spiro atoms. The minimum atomic E-state index is -3.88. The van der Waals surface area contributed by atoms with Crippen molar-refractivity contribution < 1.29 is 8.42 Å². The van der Waals surface area contributed by atoms with Crippen molar-refractivity contribution in [2.75, 3.05) is 0 Å². The first-order valence-corrected chi connectivity index (χ1v) is 17.9. The van der Waals surface area contributed by atoms with Gasteiger partial charge in [-0.05, 0) is 74.0 Å². The predicted octanol–water partition coefficient (Wildman–Crippen LogP) is 9.75. The van der Waals surface area contributed by atoms with E-state index in [1.165, 1.54) is 43.8 Å². The molecular weight excluding hydrogens is 609 g/mol. The molecule has 4 nitrogen and oxygen atoms in total. The molecule has 0 unspecified atom stereocenters. The van der Waals surface area contributed by atoms with E-state index in [4.69, 9.17) is 0 Å². The summed E-state index contributed by atoms with van der Waals surface area (Å²) in [4.78, 5) is 2.71. The second-order valence-electron chi connectivity index (χ2n) is 12.7. The molecule has 7 aromatic carbocycles. The molecule has 48 heavy (non-hydrogen) atoms. The molecule has 0 saturated carbocycles. The first-order chi connectivity index (χ1) is 23.5. The van der Waals surface area contributed by atoms with Crippen LogP contribution in [0.3, 0.4) is 0 Å². The van der Waals surface area contributed by atoms with Gasteiger partial charge in [-0.25, -0.2) is 13.1 Å². The Labute approximate surface area is 282 Å². The summed E-state index contributed by atoms with van der Waals surface area (Å²) in [5.41, 5.74) is 7.92. The van der Waals surface area contributed by atoms with E-state index in [0.29, 0.717) is 13.1 Å². The van der Waals surface area contributed by atoms with Gasteiger partial charge in [-0.2, -0.15) is 0 Å². The lowest BCUT2D eigenvalue weighted by atomic mass is 9.88. The number of benzene rings is 7. The Hall–Kier alpha value is -5.07. The molecule has 0 amide bonds. The van der Waals surface area contributed by atoms with Crippen LogP contribution in [0, 0.1) is 6.92 Å². The Balaban J connectivity index is 1.35. The summed E-state index contributed by atoms with van der Waals surface area (Å²) in [6.07, 6.45) is 0. The zero-order valence-corrected chi connectivity index (χ0v) is 27.6. The molecule has 8 rings (SSSR count). The van der Waals surface area contributed by atoms with E-state index in [1.807, 2.05) is 67.6 Å². The number of nitrogens with one attached hydrogen (secondary N) is 1. The first kappa shape index (κ1) is 30.3. The monoisotopic (exact) mass is 644 g/mol. The van der Waals surface area contributed by atoms with Crippen molar-refractivity contribution >= 4 is 31.6 Å². The van der Waals surface area contributed by atoms with Gasteiger partial charge in [-0.15, -0.1) is 0 Å². The molecule has 2 atom stereocenters. The molecular formula is C43H36N2O2S. The van der Waals surface area contributed by atoms with Crippen molar-refractivity contribution in [2.45, 2.75) is 37.0 Å². The molecule has 0 bridgehead atoms. The highest BCUT2D eigenvalue weighted by Gasteiger charge is 2.36. The smallest absolute Gasteiger partial charge is 0.241 e. The highest BCUT2D eigenvalue weighted by atomic mass is 32.2.